The molecule has 2 heterocycles. The number of rotatable bonds is 4. The Morgan fingerprint density at radius 3 is 2.57 bits per heavy atom. The fourth-order valence-electron chi connectivity index (χ4n) is 3.24. The second-order valence-electron chi connectivity index (χ2n) is 6.67. The molecule has 28 heavy (non-hydrogen) atoms. The molecule has 0 fully saturated rings. The maximum absolute atomic E-state index is 9.67. The van der Waals surface area contributed by atoms with Gasteiger partial charge in [-0.2, -0.15) is 5.26 Å². The van der Waals surface area contributed by atoms with Crippen molar-refractivity contribution in [2.75, 3.05) is 0 Å². The molecule has 0 saturated carbocycles. The molecule has 2 aromatic carbocycles. The van der Waals surface area contributed by atoms with E-state index >= 15 is 0 Å². The highest BCUT2D eigenvalue weighted by Crippen LogP contribution is 2.35. The Kier molecular flexibility index (Phi) is 5.08. The van der Waals surface area contributed by atoms with Gasteiger partial charge in [0.15, 0.2) is 4.34 Å². The smallest absolute Gasteiger partial charge is 0.156 e. The van der Waals surface area contributed by atoms with Crippen molar-refractivity contribution in [2.24, 2.45) is 0 Å². The average Bonchev–Trinajstić information content (AvgIpc) is 3.22. The normalized spacial score (nSPS) is 11.7. The van der Waals surface area contributed by atoms with E-state index in [1.54, 1.807) is 11.3 Å². The molecule has 4 aromatic rings. The molecule has 0 aliphatic heterocycles. The average molecular weight is 402 g/mol. The summed E-state index contributed by atoms with van der Waals surface area (Å²) in [5, 5.41) is 9.67. The first kappa shape index (κ1) is 18.5. The number of nitriles is 1. The van der Waals surface area contributed by atoms with Crippen LogP contribution in [0.3, 0.4) is 0 Å². The minimum atomic E-state index is 0.642. The van der Waals surface area contributed by atoms with Crippen molar-refractivity contribution >= 4 is 39.4 Å². The van der Waals surface area contributed by atoms with Gasteiger partial charge in [0.2, 0.25) is 0 Å². The van der Waals surface area contributed by atoms with Gasteiger partial charge in [0, 0.05) is 17.1 Å². The topological polar surface area (TPSA) is 41.6 Å². The number of benzene rings is 2. The number of hydrogen-bond donors (Lipinski definition) is 0. The second kappa shape index (κ2) is 7.67. The molecule has 0 amide bonds. The lowest BCUT2D eigenvalue weighted by Gasteiger charge is -2.10. The Labute approximate surface area is 173 Å². The highest BCUT2D eigenvalue weighted by molar-refractivity contribution is 8.05. The largest absolute Gasteiger partial charge is 0.318 e. The van der Waals surface area contributed by atoms with Gasteiger partial charge < -0.3 is 4.57 Å². The Morgan fingerprint density at radius 1 is 1.11 bits per heavy atom. The third-order valence-corrected chi connectivity index (χ3v) is 6.66. The third kappa shape index (κ3) is 3.62. The van der Waals surface area contributed by atoms with Crippen LogP contribution in [0, 0.1) is 32.1 Å². The fraction of sp³-hybridized carbons (Fsp3) is 0.130. The van der Waals surface area contributed by atoms with E-state index in [4.69, 9.17) is 0 Å². The van der Waals surface area contributed by atoms with E-state index in [1.165, 1.54) is 17.3 Å². The van der Waals surface area contributed by atoms with Crippen LogP contribution in [0.4, 0.5) is 0 Å². The van der Waals surface area contributed by atoms with Crippen molar-refractivity contribution < 1.29 is 0 Å². The van der Waals surface area contributed by atoms with Crippen molar-refractivity contribution in [2.45, 2.75) is 25.1 Å². The van der Waals surface area contributed by atoms with Gasteiger partial charge in [0.25, 0.3) is 0 Å². The molecule has 138 valence electrons. The molecule has 0 unspecified atom stereocenters. The second-order valence-corrected chi connectivity index (χ2v) is 8.99. The summed E-state index contributed by atoms with van der Waals surface area (Å²) in [6, 6.07) is 21.0. The van der Waals surface area contributed by atoms with E-state index in [-0.39, 0.29) is 0 Å². The molecule has 0 bridgehead atoms. The predicted molar refractivity (Wildman–Crippen MR) is 119 cm³/mol. The molecule has 3 nitrogen and oxygen atoms in total. The number of allylic oxidation sites excluding steroid dienone is 1. The molecule has 0 atom stereocenters. The van der Waals surface area contributed by atoms with Gasteiger partial charge in [-0.1, -0.05) is 29.8 Å². The van der Waals surface area contributed by atoms with Gasteiger partial charge in [-0.25, -0.2) is 4.98 Å². The summed E-state index contributed by atoms with van der Waals surface area (Å²) >= 11 is 3.05. The third-order valence-electron chi connectivity index (χ3n) is 4.63. The van der Waals surface area contributed by atoms with E-state index in [0.29, 0.717) is 4.91 Å². The number of fused-ring (bicyclic) bond motifs is 1. The lowest BCUT2D eigenvalue weighted by Crippen LogP contribution is -1.98. The molecule has 5 heteroatoms. The standard InChI is InChI=1S/C23H19N3S2/c1-15-8-10-19(11-9-15)26-16(2)12-18(17(26)3)13-20(14-24)27-23-25-21-6-4-5-7-22(21)28-23/h4-13H,1-3H3. The molecule has 0 N–H and O–H groups in total. The minimum Gasteiger partial charge on any atom is -0.318 e. The first-order valence-electron chi connectivity index (χ1n) is 8.96. The number of thioether (sulfide) groups is 1. The number of thiazole rings is 1. The van der Waals surface area contributed by atoms with Crippen molar-refractivity contribution in [1.82, 2.24) is 9.55 Å². The van der Waals surface area contributed by atoms with E-state index in [9.17, 15) is 5.26 Å². The lowest BCUT2D eigenvalue weighted by molar-refractivity contribution is 0.963. The zero-order valence-corrected chi connectivity index (χ0v) is 17.6. The number of para-hydroxylation sites is 1. The van der Waals surface area contributed by atoms with Crippen LogP contribution < -0.4 is 0 Å². The minimum absolute atomic E-state index is 0.642. The van der Waals surface area contributed by atoms with Gasteiger partial charge in [-0.15, -0.1) is 11.3 Å². The Balaban J connectivity index is 1.67. The predicted octanol–water partition coefficient (Wildman–Crippen LogP) is 6.67. The van der Waals surface area contributed by atoms with Crippen LogP contribution in [0.25, 0.3) is 22.0 Å². The van der Waals surface area contributed by atoms with E-state index in [1.807, 2.05) is 24.3 Å². The summed E-state index contributed by atoms with van der Waals surface area (Å²) in [5.74, 6) is 0. The van der Waals surface area contributed by atoms with Gasteiger partial charge in [0.05, 0.1) is 15.1 Å². The van der Waals surface area contributed by atoms with Crippen LogP contribution in [0.15, 0.2) is 63.8 Å². The van der Waals surface area contributed by atoms with Crippen LogP contribution in [0.2, 0.25) is 0 Å². The molecular weight excluding hydrogens is 382 g/mol. The summed E-state index contributed by atoms with van der Waals surface area (Å²) in [6.45, 7) is 6.28. The maximum Gasteiger partial charge on any atom is 0.156 e. The number of aryl methyl sites for hydroxylation is 2. The molecule has 0 radical (unpaired) electrons. The van der Waals surface area contributed by atoms with Gasteiger partial charge in [-0.05, 0) is 74.5 Å². The van der Waals surface area contributed by atoms with Crippen LogP contribution in [-0.4, -0.2) is 9.55 Å². The summed E-state index contributed by atoms with van der Waals surface area (Å²) in [5.41, 5.74) is 6.69. The quantitative estimate of drug-likeness (QED) is 0.283. The van der Waals surface area contributed by atoms with Crippen LogP contribution in [0.1, 0.15) is 22.5 Å². The van der Waals surface area contributed by atoms with Crippen LogP contribution >= 0.6 is 23.1 Å². The van der Waals surface area contributed by atoms with Crippen LogP contribution in [-0.2, 0) is 0 Å². The first-order valence-corrected chi connectivity index (χ1v) is 10.6. The zero-order valence-electron chi connectivity index (χ0n) is 15.9. The van der Waals surface area contributed by atoms with E-state index < -0.39 is 0 Å². The monoisotopic (exact) mass is 401 g/mol. The first-order chi connectivity index (χ1) is 13.5. The fourth-order valence-corrected chi connectivity index (χ4v) is 5.21. The lowest BCUT2D eigenvalue weighted by atomic mass is 10.2. The zero-order chi connectivity index (χ0) is 19.7. The highest BCUT2D eigenvalue weighted by atomic mass is 32.2. The number of hydrogen-bond acceptors (Lipinski definition) is 4. The molecule has 2 aromatic heterocycles. The Bertz CT molecular complexity index is 1190. The SMILES string of the molecule is Cc1ccc(-n2c(C)cc(C=C(C#N)Sc3nc4ccccc4s3)c2C)cc1. The molecule has 0 spiro atoms. The number of aromatic nitrogens is 2. The van der Waals surface area contributed by atoms with Crippen molar-refractivity contribution in [1.29, 1.82) is 5.26 Å². The summed E-state index contributed by atoms with van der Waals surface area (Å²) in [4.78, 5) is 5.27. The Hall–Kier alpha value is -2.81. The summed E-state index contributed by atoms with van der Waals surface area (Å²) < 4.78 is 4.25. The van der Waals surface area contributed by atoms with Crippen molar-refractivity contribution in [3.05, 3.63) is 82.0 Å². The van der Waals surface area contributed by atoms with Crippen molar-refractivity contribution in [3.8, 4) is 11.8 Å². The van der Waals surface area contributed by atoms with Gasteiger partial charge in [0.1, 0.15) is 6.07 Å². The Morgan fingerprint density at radius 2 is 1.86 bits per heavy atom. The molecule has 0 saturated heterocycles. The maximum atomic E-state index is 9.67. The summed E-state index contributed by atoms with van der Waals surface area (Å²) in [6.07, 6.45) is 1.96. The van der Waals surface area contributed by atoms with Crippen molar-refractivity contribution in [3.63, 3.8) is 0 Å². The van der Waals surface area contributed by atoms with Crippen LogP contribution in [0.5, 0.6) is 0 Å². The number of nitrogens with zero attached hydrogens (tertiary/aromatic N) is 3. The van der Waals surface area contributed by atoms with Gasteiger partial charge >= 0.3 is 0 Å². The summed E-state index contributed by atoms with van der Waals surface area (Å²) in [7, 11) is 0. The molecule has 0 aliphatic rings. The highest BCUT2D eigenvalue weighted by Gasteiger charge is 2.12. The molecule has 0 aliphatic carbocycles. The molecular formula is C23H19N3S2. The van der Waals surface area contributed by atoms with Gasteiger partial charge in [-0.3, -0.25) is 0 Å². The molecule has 4 rings (SSSR count). The van der Waals surface area contributed by atoms with E-state index in [0.717, 1.165) is 37.2 Å². The van der Waals surface area contributed by atoms with E-state index in [2.05, 4.69) is 72.8 Å².